The molecule has 4 heteroatoms. The molecule has 0 spiro atoms. The van der Waals surface area contributed by atoms with E-state index in [0.717, 1.165) is 22.0 Å². The molecular formula is C39H34N3O+. The minimum atomic E-state index is 0.0828. The van der Waals surface area contributed by atoms with Gasteiger partial charge < -0.3 is 9.32 Å². The zero-order valence-corrected chi connectivity index (χ0v) is 25.0. The Kier molecular flexibility index (Phi) is 5.70. The van der Waals surface area contributed by atoms with E-state index in [0.29, 0.717) is 5.71 Å². The maximum absolute atomic E-state index is 6.73. The van der Waals surface area contributed by atoms with Crippen LogP contribution in [0.4, 0.5) is 0 Å². The van der Waals surface area contributed by atoms with Crippen LogP contribution in [0.2, 0.25) is 0 Å². The van der Waals surface area contributed by atoms with Crippen molar-refractivity contribution in [1.29, 1.82) is 0 Å². The highest BCUT2D eigenvalue weighted by Gasteiger charge is 2.49. The molecule has 3 unspecified atom stereocenters. The molecule has 5 heterocycles. The Morgan fingerprint density at radius 3 is 2.40 bits per heavy atom. The smallest absolute Gasteiger partial charge is 0.227 e. The second kappa shape index (κ2) is 9.53. The lowest BCUT2D eigenvalue weighted by molar-refractivity contribution is -0.722. The van der Waals surface area contributed by atoms with Crippen molar-refractivity contribution in [1.82, 2.24) is 9.88 Å². The molecule has 210 valence electrons. The molecule has 0 amide bonds. The van der Waals surface area contributed by atoms with Gasteiger partial charge in [0.2, 0.25) is 11.4 Å². The maximum atomic E-state index is 6.73. The highest BCUT2D eigenvalue weighted by molar-refractivity contribution is 6.08. The Bertz CT molecular complexity index is 2110. The Labute approximate surface area is 252 Å². The second-order valence-corrected chi connectivity index (χ2v) is 11.9. The average Bonchev–Trinajstić information content (AvgIpc) is 3.54. The fourth-order valence-corrected chi connectivity index (χ4v) is 7.84. The van der Waals surface area contributed by atoms with Gasteiger partial charge in [0.25, 0.3) is 0 Å². The van der Waals surface area contributed by atoms with Gasteiger partial charge in [-0.05, 0) is 67.3 Å². The third kappa shape index (κ3) is 3.56. The number of nitrogens with zero attached hydrogens (tertiary/aromatic N) is 3. The van der Waals surface area contributed by atoms with Gasteiger partial charge in [0.15, 0.2) is 12.2 Å². The summed E-state index contributed by atoms with van der Waals surface area (Å²) in [4.78, 5) is 7.51. The summed E-state index contributed by atoms with van der Waals surface area (Å²) in [5, 5.41) is 2.15. The summed E-state index contributed by atoms with van der Waals surface area (Å²) in [6.45, 7) is 10.8. The van der Waals surface area contributed by atoms with Crippen molar-refractivity contribution in [2.75, 3.05) is 7.05 Å². The summed E-state index contributed by atoms with van der Waals surface area (Å²) in [7, 11) is 2.22. The van der Waals surface area contributed by atoms with Crippen LogP contribution < -0.4 is 4.57 Å². The number of fused-ring (bicyclic) bond motifs is 8. The van der Waals surface area contributed by atoms with Gasteiger partial charge in [0, 0.05) is 46.8 Å². The molecule has 3 aromatic heterocycles. The normalized spacial score (nSPS) is 20.0. The number of furan rings is 1. The topological polar surface area (TPSA) is 33.1 Å². The summed E-state index contributed by atoms with van der Waals surface area (Å²) >= 11 is 0. The van der Waals surface area contributed by atoms with E-state index in [4.69, 9.17) is 9.40 Å². The van der Waals surface area contributed by atoms with Crippen LogP contribution in [0.1, 0.15) is 52.7 Å². The molecule has 0 saturated carbocycles. The number of aromatic nitrogens is 2. The Morgan fingerprint density at radius 2 is 1.60 bits per heavy atom. The van der Waals surface area contributed by atoms with Crippen molar-refractivity contribution < 1.29 is 8.98 Å². The first-order chi connectivity index (χ1) is 21.0. The molecule has 3 aromatic carbocycles. The second-order valence-electron chi connectivity index (χ2n) is 11.9. The molecule has 2 aliphatic rings. The standard InChI is InChI=1S/C39H34N3O/c1-6-25-26-15-8-9-16-27(26)33-17-10-11-22-42(33)37(25)36-30-19-18-28-29-20-21-31(34-23(3)13-12-14-24(34)4)40-39(29)43-38(28)35(30)32(7-2)41(36)5/h6-22,25,36-37H,1H2,2-5H3/q+1/b32-7-. The van der Waals surface area contributed by atoms with E-state index < -0.39 is 0 Å². The minimum Gasteiger partial charge on any atom is -0.437 e. The SMILES string of the molecule is C=CC1c2ccccc2-c2cccc[n+]2C1C1c2ccc3c(oc4nc(-c5c(C)cccc5C)ccc43)c2/C(=C/C)N1C. The fourth-order valence-electron chi connectivity index (χ4n) is 7.84. The highest BCUT2D eigenvalue weighted by Crippen LogP contribution is 2.53. The van der Waals surface area contributed by atoms with Gasteiger partial charge in [0.05, 0.1) is 17.2 Å². The Morgan fingerprint density at radius 1 is 0.837 bits per heavy atom. The van der Waals surface area contributed by atoms with Crippen LogP contribution >= 0.6 is 0 Å². The van der Waals surface area contributed by atoms with Crippen LogP contribution in [-0.4, -0.2) is 16.9 Å². The molecule has 2 aliphatic heterocycles. The molecule has 4 nitrogen and oxygen atoms in total. The van der Waals surface area contributed by atoms with Gasteiger partial charge in [-0.1, -0.05) is 60.7 Å². The number of allylic oxidation sites excluding steroid dienone is 2. The van der Waals surface area contributed by atoms with Crippen molar-refractivity contribution in [3.05, 3.63) is 138 Å². The van der Waals surface area contributed by atoms with Crippen LogP contribution in [0.15, 0.2) is 114 Å². The third-order valence-electron chi connectivity index (χ3n) is 9.67. The molecule has 0 aliphatic carbocycles. The number of benzene rings is 3. The predicted octanol–water partition coefficient (Wildman–Crippen LogP) is 9.09. The summed E-state index contributed by atoms with van der Waals surface area (Å²) in [6.07, 6.45) is 6.58. The van der Waals surface area contributed by atoms with E-state index in [1.165, 1.54) is 50.3 Å². The van der Waals surface area contributed by atoms with Gasteiger partial charge in [-0.15, -0.1) is 6.58 Å². The molecular weight excluding hydrogens is 526 g/mol. The lowest BCUT2D eigenvalue weighted by Crippen LogP contribution is -2.51. The predicted molar refractivity (Wildman–Crippen MR) is 175 cm³/mol. The van der Waals surface area contributed by atoms with Crippen LogP contribution in [0.25, 0.3) is 50.3 Å². The third-order valence-corrected chi connectivity index (χ3v) is 9.67. The lowest BCUT2D eigenvalue weighted by atomic mass is 9.78. The van der Waals surface area contributed by atoms with Crippen LogP contribution in [0.5, 0.6) is 0 Å². The molecule has 6 aromatic rings. The summed E-state index contributed by atoms with van der Waals surface area (Å²) in [6, 6.07) is 30.7. The van der Waals surface area contributed by atoms with Crippen molar-refractivity contribution in [2.45, 2.75) is 38.8 Å². The van der Waals surface area contributed by atoms with Crippen LogP contribution in [-0.2, 0) is 0 Å². The van der Waals surface area contributed by atoms with Gasteiger partial charge in [-0.2, -0.15) is 4.57 Å². The molecule has 0 N–H and O–H groups in total. The van der Waals surface area contributed by atoms with Gasteiger partial charge in [0.1, 0.15) is 11.6 Å². The molecule has 0 saturated heterocycles. The Hall–Kier alpha value is -4.96. The van der Waals surface area contributed by atoms with Crippen LogP contribution in [0, 0.1) is 13.8 Å². The number of likely N-dealkylation sites (N-methyl/N-ethyl adjacent to an activating group) is 1. The maximum Gasteiger partial charge on any atom is 0.227 e. The van der Waals surface area contributed by atoms with E-state index in [-0.39, 0.29) is 18.0 Å². The number of hydrogen-bond acceptors (Lipinski definition) is 3. The number of rotatable bonds is 3. The quantitative estimate of drug-likeness (QED) is 0.160. The first-order valence-corrected chi connectivity index (χ1v) is 15.1. The first-order valence-electron chi connectivity index (χ1n) is 15.1. The van der Waals surface area contributed by atoms with Crippen molar-refractivity contribution in [3.8, 4) is 22.5 Å². The zero-order chi connectivity index (χ0) is 29.4. The van der Waals surface area contributed by atoms with E-state index >= 15 is 0 Å². The van der Waals surface area contributed by atoms with Crippen molar-refractivity contribution in [2.24, 2.45) is 0 Å². The van der Waals surface area contributed by atoms with Crippen molar-refractivity contribution >= 4 is 27.8 Å². The number of aryl methyl sites for hydroxylation is 2. The number of pyridine rings is 2. The highest BCUT2D eigenvalue weighted by atomic mass is 16.3. The average molecular weight is 561 g/mol. The fraction of sp³-hybridized carbons (Fsp3) is 0.179. The van der Waals surface area contributed by atoms with E-state index in [1.54, 1.807) is 0 Å². The van der Waals surface area contributed by atoms with Crippen LogP contribution in [0.3, 0.4) is 0 Å². The van der Waals surface area contributed by atoms with Gasteiger partial charge in [-0.3, -0.25) is 0 Å². The molecule has 43 heavy (non-hydrogen) atoms. The lowest BCUT2D eigenvalue weighted by Gasteiger charge is -2.35. The minimum absolute atomic E-state index is 0.0828. The molecule has 0 radical (unpaired) electrons. The summed E-state index contributed by atoms with van der Waals surface area (Å²) in [5.41, 5.74) is 13.6. The van der Waals surface area contributed by atoms with Gasteiger partial charge >= 0.3 is 0 Å². The van der Waals surface area contributed by atoms with E-state index in [1.807, 2.05) is 0 Å². The summed E-state index contributed by atoms with van der Waals surface area (Å²) < 4.78 is 9.18. The summed E-state index contributed by atoms with van der Waals surface area (Å²) in [5.74, 6) is 0.139. The monoisotopic (exact) mass is 560 g/mol. The first kappa shape index (κ1) is 25.7. The Balaban J connectivity index is 1.34. The van der Waals surface area contributed by atoms with E-state index in [2.05, 4.69) is 147 Å². The van der Waals surface area contributed by atoms with Crippen molar-refractivity contribution in [3.63, 3.8) is 0 Å². The molecule has 8 rings (SSSR count). The molecule has 0 fully saturated rings. The zero-order valence-electron chi connectivity index (χ0n) is 25.0. The number of hydrogen-bond donors (Lipinski definition) is 0. The van der Waals surface area contributed by atoms with E-state index in [9.17, 15) is 0 Å². The van der Waals surface area contributed by atoms with Gasteiger partial charge in [-0.25, -0.2) is 4.98 Å². The molecule has 0 bridgehead atoms. The largest absolute Gasteiger partial charge is 0.437 e. The molecule has 3 atom stereocenters.